The highest BCUT2D eigenvalue weighted by atomic mass is 35.5. The molecule has 0 fully saturated rings. The second-order valence-electron chi connectivity index (χ2n) is 4.65. The fourth-order valence-electron chi connectivity index (χ4n) is 1.77. The zero-order valence-corrected chi connectivity index (χ0v) is 13.0. The summed E-state index contributed by atoms with van der Waals surface area (Å²) in [5, 5.41) is 7.83. The third-order valence-electron chi connectivity index (χ3n) is 2.79. The molecule has 0 aliphatic carbocycles. The van der Waals surface area contributed by atoms with Gasteiger partial charge in [0.25, 0.3) is 0 Å². The standard InChI is InChI=1S/C16H14ClN3O3/c1-10(21)18-11-6-8-12(9-7-11)19-15(22)16(23)20-14-5-3-2-4-13(14)17/h2-9H,1H3,(H,18,21)(H,19,22)(H,20,23). The molecule has 7 heteroatoms. The minimum Gasteiger partial charge on any atom is -0.326 e. The van der Waals surface area contributed by atoms with Crippen molar-refractivity contribution in [3.05, 3.63) is 53.6 Å². The third kappa shape index (κ3) is 4.82. The van der Waals surface area contributed by atoms with Gasteiger partial charge >= 0.3 is 11.8 Å². The van der Waals surface area contributed by atoms with Crippen LogP contribution in [0.2, 0.25) is 5.02 Å². The van der Waals surface area contributed by atoms with E-state index in [0.717, 1.165) is 0 Å². The molecule has 23 heavy (non-hydrogen) atoms. The van der Waals surface area contributed by atoms with Gasteiger partial charge in [-0.25, -0.2) is 0 Å². The number of anilines is 3. The molecule has 0 aliphatic heterocycles. The molecule has 0 spiro atoms. The van der Waals surface area contributed by atoms with Crippen molar-refractivity contribution in [1.29, 1.82) is 0 Å². The Bertz CT molecular complexity index is 744. The Kier molecular flexibility index (Phi) is 5.32. The Labute approximate surface area is 137 Å². The van der Waals surface area contributed by atoms with Crippen LogP contribution in [0.15, 0.2) is 48.5 Å². The number of carbonyl (C=O) groups excluding carboxylic acids is 3. The van der Waals surface area contributed by atoms with Gasteiger partial charge < -0.3 is 16.0 Å². The Morgan fingerprint density at radius 1 is 0.783 bits per heavy atom. The van der Waals surface area contributed by atoms with E-state index in [1.165, 1.54) is 6.92 Å². The van der Waals surface area contributed by atoms with Crippen LogP contribution in [0.4, 0.5) is 17.1 Å². The number of halogens is 1. The Morgan fingerprint density at radius 3 is 1.87 bits per heavy atom. The summed E-state index contributed by atoms with van der Waals surface area (Å²) in [6.07, 6.45) is 0. The topological polar surface area (TPSA) is 87.3 Å². The molecule has 0 atom stereocenters. The molecule has 0 saturated heterocycles. The van der Waals surface area contributed by atoms with Gasteiger partial charge in [0.05, 0.1) is 10.7 Å². The molecule has 0 aromatic heterocycles. The fraction of sp³-hybridized carbons (Fsp3) is 0.0625. The molecule has 2 aromatic rings. The molecular weight excluding hydrogens is 318 g/mol. The first kappa shape index (κ1) is 16.5. The Balaban J connectivity index is 1.97. The zero-order valence-electron chi connectivity index (χ0n) is 12.2. The van der Waals surface area contributed by atoms with Crippen molar-refractivity contribution < 1.29 is 14.4 Å². The first-order valence-electron chi connectivity index (χ1n) is 6.70. The van der Waals surface area contributed by atoms with Crippen molar-refractivity contribution in [2.45, 2.75) is 6.92 Å². The molecule has 2 aromatic carbocycles. The van der Waals surface area contributed by atoms with Crippen molar-refractivity contribution in [2.75, 3.05) is 16.0 Å². The van der Waals surface area contributed by atoms with Crippen LogP contribution in [-0.2, 0) is 14.4 Å². The van der Waals surface area contributed by atoms with E-state index in [0.29, 0.717) is 22.1 Å². The van der Waals surface area contributed by atoms with E-state index in [9.17, 15) is 14.4 Å². The van der Waals surface area contributed by atoms with Gasteiger partial charge in [0, 0.05) is 18.3 Å². The monoisotopic (exact) mass is 331 g/mol. The van der Waals surface area contributed by atoms with Gasteiger partial charge in [-0.2, -0.15) is 0 Å². The number of amides is 3. The minimum absolute atomic E-state index is 0.194. The SMILES string of the molecule is CC(=O)Nc1ccc(NC(=O)C(=O)Nc2ccccc2Cl)cc1. The fourth-order valence-corrected chi connectivity index (χ4v) is 1.95. The van der Waals surface area contributed by atoms with Crippen LogP contribution in [0, 0.1) is 0 Å². The summed E-state index contributed by atoms with van der Waals surface area (Å²) in [6.45, 7) is 1.40. The molecule has 0 unspecified atom stereocenters. The number of hydrogen-bond acceptors (Lipinski definition) is 3. The number of rotatable bonds is 3. The summed E-state index contributed by atoms with van der Waals surface area (Å²) in [5.41, 5.74) is 1.38. The maximum atomic E-state index is 11.9. The normalized spacial score (nSPS) is 9.83. The first-order valence-corrected chi connectivity index (χ1v) is 7.08. The summed E-state index contributed by atoms with van der Waals surface area (Å²) in [4.78, 5) is 34.6. The average molecular weight is 332 g/mol. The molecule has 0 bridgehead atoms. The summed E-state index contributed by atoms with van der Waals surface area (Å²) >= 11 is 5.91. The largest absolute Gasteiger partial charge is 0.326 e. The van der Waals surface area contributed by atoms with Crippen molar-refractivity contribution in [3.8, 4) is 0 Å². The molecule has 0 aliphatic rings. The second kappa shape index (κ2) is 7.42. The Morgan fingerprint density at radius 2 is 1.30 bits per heavy atom. The predicted molar refractivity (Wildman–Crippen MR) is 89.5 cm³/mol. The van der Waals surface area contributed by atoms with Gasteiger partial charge in [-0.3, -0.25) is 14.4 Å². The first-order chi connectivity index (χ1) is 11.0. The van der Waals surface area contributed by atoms with Crippen LogP contribution in [0.1, 0.15) is 6.92 Å². The van der Waals surface area contributed by atoms with E-state index in [2.05, 4.69) is 16.0 Å². The van der Waals surface area contributed by atoms with Gasteiger partial charge in [-0.1, -0.05) is 23.7 Å². The van der Waals surface area contributed by atoms with Crippen LogP contribution in [0.5, 0.6) is 0 Å². The summed E-state index contributed by atoms with van der Waals surface area (Å²) < 4.78 is 0. The van der Waals surface area contributed by atoms with Crippen LogP contribution in [0.3, 0.4) is 0 Å². The highest BCUT2D eigenvalue weighted by Gasteiger charge is 2.15. The third-order valence-corrected chi connectivity index (χ3v) is 3.12. The lowest BCUT2D eigenvalue weighted by molar-refractivity contribution is -0.132. The van der Waals surface area contributed by atoms with Crippen molar-refractivity contribution in [1.82, 2.24) is 0 Å². The molecule has 3 N–H and O–H groups in total. The molecule has 0 heterocycles. The van der Waals surface area contributed by atoms with Gasteiger partial charge in [0.2, 0.25) is 5.91 Å². The van der Waals surface area contributed by atoms with Crippen molar-refractivity contribution >= 4 is 46.4 Å². The smallest absolute Gasteiger partial charge is 0.314 e. The van der Waals surface area contributed by atoms with E-state index >= 15 is 0 Å². The van der Waals surface area contributed by atoms with Gasteiger partial charge in [-0.05, 0) is 36.4 Å². The quantitative estimate of drug-likeness (QED) is 0.756. The van der Waals surface area contributed by atoms with Gasteiger partial charge in [0.1, 0.15) is 0 Å². The summed E-state index contributed by atoms with van der Waals surface area (Å²) in [7, 11) is 0. The van der Waals surface area contributed by atoms with Gasteiger partial charge in [0.15, 0.2) is 0 Å². The number of para-hydroxylation sites is 1. The number of carbonyl (C=O) groups is 3. The number of nitrogens with one attached hydrogen (secondary N) is 3. The van der Waals surface area contributed by atoms with Crippen molar-refractivity contribution in [2.24, 2.45) is 0 Å². The minimum atomic E-state index is -0.830. The number of benzene rings is 2. The van der Waals surface area contributed by atoms with Crippen LogP contribution in [0.25, 0.3) is 0 Å². The molecule has 118 valence electrons. The molecule has 0 saturated carbocycles. The highest BCUT2D eigenvalue weighted by molar-refractivity contribution is 6.44. The maximum absolute atomic E-state index is 11.9. The van der Waals surface area contributed by atoms with Crippen LogP contribution < -0.4 is 16.0 Å². The average Bonchev–Trinajstić information content (AvgIpc) is 2.51. The predicted octanol–water partition coefficient (Wildman–Crippen LogP) is 2.88. The maximum Gasteiger partial charge on any atom is 0.314 e. The molecular formula is C16H14ClN3O3. The van der Waals surface area contributed by atoms with E-state index in [4.69, 9.17) is 11.6 Å². The van der Waals surface area contributed by atoms with E-state index in [1.54, 1.807) is 48.5 Å². The molecule has 0 radical (unpaired) electrons. The molecule has 2 rings (SSSR count). The van der Waals surface area contributed by atoms with E-state index in [-0.39, 0.29) is 5.91 Å². The lowest BCUT2D eigenvalue weighted by atomic mass is 10.2. The lowest BCUT2D eigenvalue weighted by Gasteiger charge is -2.08. The highest BCUT2D eigenvalue weighted by Crippen LogP contribution is 2.20. The van der Waals surface area contributed by atoms with Crippen molar-refractivity contribution in [3.63, 3.8) is 0 Å². The summed E-state index contributed by atoms with van der Waals surface area (Å²) in [6, 6.07) is 13.0. The number of hydrogen-bond donors (Lipinski definition) is 3. The second-order valence-corrected chi connectivity index (χ2v) is 5.05. The summed E-state index contributed by atoms with van der Waals surface area (Å²) in [5.74, 6) is -1.85. The van der Waals surface area contributed by atoms with Gasteiger partial charge in [-0.15, -0.1) is 0 Å². The Hall–Kier alpha value is -2.86. The van der Waals surface area contributed by atoms with Crippen LogP contribution in [-0.4, -0.2) is 17.7 Å². The molecule has 3 amide bonds. The van der Waals surface area contributed by atoms with Crippen LogP contribution >= 0.6 is 11.6 Å². The zero-order chi connectivity index (χ0) is 16.8. The van der Waals surface area contributed by atoms with E-state index in [1.807, 2.05) is 0 Å². The lowest BCUT2D eigenvalue weighted by Crippen LogP contribution is -2.29. The van der Waals surface area contributed by atoms with E-state index < -0.39 is 11.8 Å². The molecule has 6 nitrogen and oxygen atoms in total.